The van der Waals surface area contributed by atoms with Gasteiger partial charge in [-0.2, -0.15) is 0 Å². The van der Waals surface area contributed by atoms with Crippen molar-refractivity contribution < 1.29 is 13.9 Å². The molecule has 0 aliphatic carbocycles. The summed E-state index contributed by atoms with van der Waals surface area (Å²) in [6.07, 6.45) is 0. The first-order valence-corrected chi connectivity index (χ1v) is 6.66. The highest BCUT2D eigenvalue weighted by Gasteiger charge is 2.09. The Bertz CT molecular complexity index is 739. The van der Waals surface area contributed by atoms with Crippen LogP contribution in [0.25, 0.3) is 11.0 Å². The zero-order valence-corrected chi connectivity index (χ0v) is 11.5. The number of hydrogen-bond donors (Lipinski definition) is 2. The smallest absolute Gasteiger partial charge is 0.336 e. The number of ether oxygens (including phenoxy) is 1. The van der Waals surface area contributed by atoms with E-state index in [-0.39, 0.29) is 16.7 Å². The second-order valence-corrected chi connectivity index (χ2v) is 5.05. The molecule has 0 saturated carbocycles. The van der Waals surface area contributed by atoms with Crippen molar-refractivity contribution in [1.82, 2.24) is 0 Å². The van der Waals surface area contributed by atoms with E-state index in [4.69, 9.17) is 20.3 Å². The molecule has 1 heterocycles. The number of rotatable bonds is 3. The monoisotopic (exact) mass is 292 g/mol. The molecule has 0 fully saturated rings. The SMILES string of the molecule is Cc1cc(=O)oc2cc(OC(=O)CSC(=N)N)ccc12. The van der Waals surface area contributed by atoms with Crippen molar-refractivity contribution >= 4 is 33.9 Å². The number of nitrogens with two attached hydrogens (primary N) is 1. The van der Waals surface area contributed by atoms with Crippen molar-refractivity contribution in [2.45, 2.75) is 6.92 Å². The molecule has 6 nitrogen and oxygen atoms in total. The van der Waals surface area contributed by atoms with Gasteiger partial charge in [-0.1, -0.05) is 11.8 Å². The summed E-state index contributed by atoms with van der Waals surface area (Å²) >= 11 is 0.880. The van der Waals surface area contributed by atoms with E-state index in [1.807, 2.05) is 0 Å². The van der Waals surface area contributed by atoms with E-state index < -0.39 is 11.6 Å². The summed E-state index contributed by atoms with van der Waals surface area (Å²) in [5, 5.41) is 7.63. The molecule has 0 amide bonds. The third-order valence-electron chi connectivity index (χ3n) is 2.50. The van der Waals surface area contributed by atoms with Crippen molar-refractivity contribution in [3.8, 4) is 5.75 Å². The van der Waals surface area contributed by atoms with Crippen LogP contribution >= 0.6 is 11.8 Å². The van der Waals surface area contributed by atoms with Gasteiger partial charge in [0.25, 0.3) is 0 Å². The molecule has 0 saturated heterocycles. The molecule has 104 valence electrons. The van der Waals surface area contributed by atoms with Gasteiger partial charge in [-0.25, -0.2) is 4.79 Å². The highest BCUT2D eigenvalue weighted by Crippen LogP contribution is 2.22. The first-order valence-electron chi connectivity index (χ1n) is 5.68. The molecule has 0 atom stereocenters. The number of thioether (sulfide) groups is 1. The number of fused-ring (bicyclic) bond motifs is 1. The lowest BCUT2D eigenvalue weighted by Gasteiger charge is -2.05. The third kappa shape index (κ3) is 3.39. The van der Waals surface area contributed by atoms with Gasteiger partial charge >= 0.3 is 11.6 Å². The van der Waals surface area contributed by atoms with Crippen molar-refractivity contribution in [1.29, 1.82) is 5.41 Å². The third-order valence-corrected chi connectivity index (χ3v) is 3.19. The van der Waals surface area contributed by atoms with Gasteiger partial charge in [-0.3, -0.25) is 10.2 Å². The summed E-state index contributed by atoms with van der Waals surface area (Å²) in [6, 6.07) is 6.22. The van der Waals surface area contributed by atoms with Crippen LogP contribution in [0.2, 0.25) is 0 Å². The fourth-order valence-corrected chi connectivity index (χ4v) is 2.00. The molecule has 0 radical (unpaired) electrons. The molecule has 0 aliphatic heterocycles. The second-order valence-electron chi connectivity index (χ2n) is 4.03. The molecule has 7 heteroatoms. The Morgan fingerprint density at radius 2 is 2.20 bits per heavy atom. The molecule has 3 N–H and O–H groups in total. The van der Waals surface area contributed by atoms with Crippen LogP contribution in [0, 0.1) is 12.3 Å². The van der Waals surface area contributed by atoms with E-state index in [1.165, 1.54) is 12.1 Å². The van der Waals surface area contributed by atoms with Crippen molar-refractivity contribution in [3.05, 3.63) is 40.2 Å². The Hall–Kier alpha value is -2.28. The maximum atomic E-state index is 11.5. The minimum atomic E-state index is -0.528. The number of carbonyl (C=O) groups excluding carboxylic acids is 1. The van der Waals surface area contributed by atoms with Gasteiger partial charge in [-0.05, 0) is 24.6 Å². The number of amidine groups is 1. The number of carbonyl (C=O) groups is 1. The summed E-state index contributed by atoms with van der Waals surface area (Å²) in [5.41, 5.74) is 5.83. The lowest BCUT2D eigenvalue weighted by Crippen LogP contribution is -2.14. The van der Waals surface area contributed by atoms with Gasteiger partial charge in [0.2, 0.25) is 0 Å². The topological polar surface area (TPSA) is 106 Å². The predicted octanol–water partition coefficient (Wildman–Crippen LogP) is 1.63. The molecular weight excluding hydrogens is 280 g/mol. The summed E-state index contributed by atoms with van der Waals surface area (Å²) in [6.45, 7) is 1.80. The summed E-state index contributed by atoms with van der Waals surface area (Å²) in [4.78, 5) is 22.8. The van der Waals surface area contributed by atoms with Gasteiger partial charge in [0.15, 0.2) is 5.17 Å². The van der Waals surface area contributed by atoms with E-state index in [9.17, 15) is 9.59 Å². The molecule has 1 aromatic heterocycles. The molecular formula is C13H12N2O4S. The Labute approximate surface area is 118 Å². The number of hydrogen-bond acceptors (Lipinski definition) is 6. The zero-order chi connectivity index (χ0) is 14.7. The molecule has 1 aromatic carbocycles. The van der Waals surface area contributed by atoms with E-state index >= 15 is 0 Å². The first-order chi connectivity index (χ1) is 9.45. The largest absolute Gasteiger partial charge is 0.426 e. The van der Waals surface area contributed by atoms with Crippen molar-refractivity contribution in [3.63, 3.8) is 0 Å². The Kier molecular flexibility index (Phi) is 4.09. The zero-order valence-electron chi connectivity index (χ0n) is 10.6. The summed E-state index contributed by atoms with van der Waals surface area (Å²) in [7, 11) is 0. The van der Waals surface area contributed by atoms with E-state index in [1.54, 1.807) is 19.1 Å². The highest BCUT2D eigenvalue weighted by atomic mass is 32.2. The maximum absolute atomic E-state index is 11.5. The fraction of sp³-hybridized carbons (Fsp3) is 0.154. The molecule has 2 rings (SSSR count). The van der Waals surface area contributed by atoms with Crippen molar-refractivity contribution in [2.24, 2.45) is 5.73 Å². The summed E-state index contributed by atoms with van der Waals surface area (Å²) < 4.78 is 10.1. The molecule has 20 heavy (non-hydrogen) atoms. The maximum Gasteiger partial charge on any atom is 0.336 e. The van der Waals surface area contributed by atoms with Crippen LogP contribution in [0.3, 0.4) is 0 Å². The first kappa shape index (κ1) is 14.1. The quantitative estimate of drug-likeness (QED) is 0.293. The van der Waals surface area contributed by atoms with Crippen LogP contribution in [-0.2, 0) is 4.79 Å². The normalized spacial score (nSPS) is 10.4. The Morgan fingerprint density at radius 1 is 1.45 bits per heavy atom. The van der Waals surface area contributed by atoms with E-state index in [0.717, 1.165) is 22.7 Å². The average molecular weight is 292 g/mol. The Morgan fingerprint density at radius 3 is 2.90 bits per heavy atom. The lowest BCUT2D eigenvalue weighted by molar-refractivity contribution is -0.131. The lowest BCUT2D eigenvalue weighted by atomic mass is 10.1. The highest BCUT2D eigenvalue weighted by molar-refractivity contribution is 8.14. The molecule has 0 spiro atoms. The standard InChI is InChI=1S/C13H12N2O4S/c1-7-4-11(16)19-10-5-8(2-3-9(7)10)18-12(17)6-20-13(14)15/h2-5H,6H2,1H3,(H3,14,15). The molecule has 0 bridgehead atoms. The van der Waals surface area contributed by atoms with Crippen molar-refractivity contribution in [2.75, 3.05) is 5.75 Å². The van der Waals surface area contributed by atoms with Crippen LogP contribution in [0.1, 0.15) is 5.56 Å². The van der Waals surface area contributed by atoms with Gasteiger partial charge in [0.1, 0.15) is 11.3 Å². The van der Waals surface area contributed by atoms with Gasteiger partial charge in [-0.15, -0.1) is 0 Å². The second kappa shape index (κ2) is 5.79. The van der Waals surface area contributed by atoms with E-state index in [2.05, 4.69) is 0 Å². The number of nitrogens with one attached hydrogen (secondary N) is 1. The predicted molar refractivity (Wildman–Crippen MR) is 77.2 cm³/mol. The van der Waals surface area contributed by atoms with Crippen LogP contribution in [0.15, 0.2) is 33.5 Å². The van der Waals surface area contributed by atoms with Crippen LogP contribution in [0.4, 0.5) is 0 Å². The van der Waals surface area contributed by atoms with Gasteiger partial charge < -0.3 is 14.9 Å². The average Bonchev–Trinajstić information content (AvgIpc) is 2.35. The molecule has 0 unspecified atom stereocenters. The van der Waals surface area contributed by atoms with Gasteiger partial charge in [0, 0.05) is 17.5 Å². The van der Waals surface area contributed by atoms with Crippen LogP contribution in [-0.4, -0.2) is 16.9 Å². The minimum absolute atomic E-state index is 0.0505. The fourth-order valence-electron chi connectivity index (χ4n) is 1.67. The minimum Gasteiger partial charge on any atom is -0.426 e. The molecule has 0 aliphatic rings. The Balaban J connectivity index is 2.22. The summed E-state index contributed by atoms with van der Waals surface area (Å²) in [5.74, 6) is -0.301. The van der Waals surface area contributed by atoms with Gasteiger partial charge in [0.05, 0.1) is 5.75 Å². The molecule has 2 aromatic rings. The number of esters is 1. The number of aryl methyl sites for hydroxylation is 1. The number of benzene rings is 1. The van der Waals surface area contributed by atoms with E-state index in [0.29, 0.717) is 5.58 Å². The van der Waals surface area contributed by atoms with Crippen LogP contribution in [0.5, 0.6) is 5.75 Å². The van der Waals surface area contributed by atoms with Crippen LogP contribution < -0.4 is 16.1 Å².